The van der Waals surface area contributed by atoms with Crippen LogP contribution in [0.5, 0.6) is 0 Å². The maximum absolute atomic E-state index is 13.2. The van der Waals surface area contributed by atoms with Crippen LogP contribution >= 0.6 is 15.9 Å². The monoisotopic (exact) mass is 255 g/mol. The first-order valence-electron chi connectivity index (χ1n) is 4.25. The fourth-order valence-electron chi connectivity index (χ4n) is 1.27. The average Bonchev–Trinajstić information content (AvgIpc) is 2.19. The highest BCUT2D eigenvalue weighted by Gasteiger charge is 2.13. The van der Waals surface area contributed by atoms with Crippen molar-refractivity contribution >= 4 is 15.9 Å². The van der Waals surface area contributed by atoms with Crippen LogP contribution < -0.4 is 5.32 Å². The molecule has 0 spiro atoms. The Morgan fingerprint density at radius 3 is 2.93 bits per heavy atom. The SMILES string of the molecule is C#CCC(NC)c1cccc(F)c1Br. The molecular formula is C11H11BrFN. The first kappa shape index (κ1) is 11.2. The molecule has 0 aromatic heterocycles. The Morgan fingerprint density at radius 2 is 2.36 bits per heavy atom. The predicted molar refractivity (Wildman–Crippen MR) is 59.4 cm³/mol. The second-order valence-electron chi connectivity index (χ2n) is 2.89. The van der Waals surface area contributed by atoms with Gasteiger partial charge in [-0.25, -0.2) is 4.39 Å². The van der Waals surface area contributed by atoms with Crippen molar-refractivity contribution in [2.75, 3.05) is 7.05 Å². The molecule has 14 heavy (non-hydrogen) atoms. The zero-order chi connectivity index (χ0) is 10.6. The lowest BCUT2D eigenvalue weighted by atomic mass is 10.0. The van der Waals surface area contributed by atoms with Crippen molar-refractivity contribution in [2.24, 2.45) is 0 Å². The van der Waals surface area contributed by atoms with Gasteiger partial charge in [-0.05, 0) is 34.6 Å². The zero-order valence-corrected chi connectivity index (χ0v) is 9.44. The van der Waals surface area contributed by atoms with E-state index in [1.807, 2.05) is 6.07 Å². The lowest BCUT2D eigenvalue weighted by molar-refractivity contribution is 0.583. The molecule has 0 aliphatic rings. The van der Waals surface area contributed by atoms with Crippen molar-refractivity contribution < 1.29 is 4.39 Å². The van der Waals surface area contributed by atoms with E-state index in [-0.39, 0.29) is 11.9 Å². The van der Waals surface area contributed by atoms with Crippen LogP contribution in [0.4, 0.5) is 4.39 Å². The van der Waals surface area contributed by atoms with Gasteiger partial charge in [-0.1, -0.05) is 12.1 Å². The quantitative estimate of drug-likeness (QED) is 0.820. The molecule has 0 fully saturated rings. The van der Waals surface area contributed by atoms with E-state index in [4.69, 9.17) is 6.42 Å². The molecule has 0 radical (unpaired) electrons. The molecular weight excluding hydrogens is 245 g/mol. The van der Waals surface area contributed by atoms with Gasteiger partial charge in [-0.15, -0.1) is 12.3 Å². The van der Waals surface area contributed by atoms with Crippen molar-refractivity contribution in [2.45, 2.75) is 12.5 Å². The predicted octanol–water partition coefficient (Wildman–Crippen LogP) is 2.87. The number of rotatable bonds is 3. The molecule has 0 amide bonds. The molecule has 0 aliphatic heterocycles. The number of hydrogen-bond donors (Lipinski definition) is 1. The number of benzene rings is 1. The first-order chi connectivity index (χ1) is 6.70. The Hall–Kier alpha value is -0.850. The number of nitrogens with one attached hydrogen (secondary N) is 1. The van der Waals surface area contributed by atoms with Crippen molar-refractivity contribution in [3.8, 4) is 12.3 Å². The number of hydrogen-bond acceptors (Lipinski definition) is 1. The number of terminal acetylenes is 1. The van der Waals surface area contributed by atoms with Crippen molar-refractivity contribution in [3.63, 3.8) is 0 Å². The Morgan fingerprint density at radius 1 is 1.64 bits per heavy atom. The molecule has 1 rings (SSSR count). The molecule has 0 heterocycles. The first-order valence-corrected chi connectivity index (χ1v) is 5.04. The Balaban J connectivity index is 3.05. The van der Waals surface area contributed by atoms with Crippen LogP contribution in [-0.4, -0.2) is 7.05 Å². The molecule has 0 saturated carbocycles. The highest BCUT2D eigenvalue weighted by Crippen LogP contribution is 2.27. The summed E-state index contributed by atoms with van der Waals surface area (Å²) in [4.78, 5) is 0. The largest absolute Gasteiger partial charge is 0.312 e. The Bertz CT molecular complexity index is 357. The molecule has 3 heteroatoms. The average molecular weight is 256 g/mol. The summed E-state index contributed by atoms with van der Waals surface area (Å²) < 4.78 is 13.7. The van der Waals surface area contributed by atoms with Gasteiger partial charge in [0, 0.05) is 12.5 Å². The summed E-state index contributed by atoms with van der Waals surface area (Å²) in [6.45, 7) is 0. The van der Waals surface area contributed by atoms with E-state index in [9.17, 15) is 4.39 Å². The van der Waals surface area contributed by atoms with Gasteiger partial charge in [0.1, 0.15) is 5.82 Å². The van der Waals surface area contributed by atoms with Gasteiger partial charge >= 0.3 is 0 Å². The van der Waals surface area contributed by atoms with Crippen LogP contribution in [0.3, 0.4) is 0 Å². The van der Waals surface area contributed by atoms with Crippen molar-refractivity contribution in [3.05, 3.63) is 34.1 Å². The van der Waals surface area contributed by atoms with Crippen LogP contribution in [0.25, 0.3) is 0 Å². The van der Waals surface area contributed by atoms with Gasteiger partial charge in [0.05, 0.1) is 4.47 Å². The molecule has 0 aliphatic carbocycles. The second kappa shape index (κ2) is 5.14. The van der Waals surface area contributed by atoms with Gasteiger partial charge in [-0.3, -0.25) is 0 Å². The van der Waals surface area contributed by atoms with Crippen LogP contribution in [0.15, 0.2) is 22.7 Å². The summed E-state index contributed by atoms with van der Waals surface area (Å²) in [6.07, 6.45) is 5.77. The highest BCUT2D eigenvalue weighted by atomic mass is 79.9. The molecule has 0 bridgehead atoms. The third-order valence-corrected chi connectivity index (χ3v) is 2.86. The summed E-state index contributed by atoms with van der Waals surface area (Å²) >= 11 is 3.21. The van der Waals surface area contributed by atoms with Gasteiger partial charge in [0.2, 0.25) is 0 Å². The van der Waals surface area contributed by atoms with Crippen molar-refractivity contribution in [1.29, 1.82) is 0 Å². The molecule has 1 aromatic carbocycles. The van der Waals surface area contributed by atoms with E-state index in [1.165, 1.54) is 6.07 Å². The summed E-state index contributed by atoms with van der Waals surface area (Å²) in [5.74, 6) is 2.29. The maximum Gasteiger partial charge on any atom is 0.137 e. The molecule has 1 unspecified atom stereocenters. The zero-order valence-electron chi connectivity index (χ0n) is 7.85. The molecule has 1 aromatic rings. The Kier molecular flexibility index (Phi) is 4.12. The highest BCUT2D eigenvalue weighted by molar-refractivity contribution is 9.10. The summed E-state index contributed by atoms with van der Waals surface area (Å²) in [5.41, 5.74) is 0.852. The maximum atomic E-state index is 13.2. The van der Waals surface area contributed by atoms with E-state index in [1.54, 1.807) is 13.1 Å². The van der Waals surface area contributed by atoms with Crippen LogP contribution in [0, 0.1) is 18.2 Å². The topological polar surface area (TPSA) is 12.0 Å². The van der Waals surface area contributed by atoms with Gasteiger partial charge < -0.3 is 5.32 Å². The van der Waals surface area contributed by atoms with Gasteiger partial charge in [0.15, 0.2) is 0 Å². The van der Waals surface area contributed by atoms with E-state index in [0.717, 1.165) is 5.56 Å². The summed E-state index contributed by atoms with van der Waals surface area (Å²) in [7, 11) is 1.80. The normalized spacial score (nSPS) is 12.1. The van der Waals surface area contributed by atoms with E-state index < -0.39 is 0 Å². The minimum absolute atomic E-state index is 0.00919. The van der Waals surface area contributed by atoms with Gasteiger partial charge in [-0.2, -0.15) is 0 Å². The smallest absolute Gasteiger partial charge is 0.137 e. The van der Waals surface area contributed by atoms with Crippen LogP contribution in [0.2, 0.25) is 0 Å². The van der Waals surface area contributed by atoms with E-state index in [2.05, 4.69) is 27.2 Å². The fourth-order valence-corrected chi connectivity index (χ4v) is 1.82. The summed E-state index contributed by atoms with van der Waals surface area (Å²) in [5, 5.41) is 3.05. The van der Waals surface area contributed by atoms with E-state index >= 15 is 0 Å². The molecule has 1 atom stereocenters. The molecule has 74 valence electrons. The van der Waals surface area contributed by atoms with Crippen LogP contribution in [-0.2, 0) is 0 Å². The third kappa shape index (κ3) is 2.34. The fraction of sp³-hybridized carbons (Fsp3) is 0.273. The third-order valence-electron chi connectivity index (χ3n) is 2.03. The van der Waals surface area contributed by atoms with E-state index in [0.29, 0.717) is 10.9 Å². The molecule has 1 nitrogen and oxygen atoms in total. The minimum atomic E-state index is -0.264. The Labute approximate surface area is 91.8 Å². The molecule has 1 N–H and O–H groups in total. The van der Waals surface area contributed by atoms with Gasteiger partial charge in [0.25, 0.3) is 0 Å². The van der Waals surface area contributed by atoms with Crippen molar-refractivity contribution in [1.82, 2.24) is 5.32 Å². The lowest BCUT2D eigenvalue weighted by Crippen LogP contribution is -2.16. The molecule has 0 saturated heterocycles. The standard InChI is InChI=1S/C11H11BrFN/c1-3-5-10(14-2)8-6-4-7-9(13)11(8)12/h1,4,6-7,10,14H,5H2,2H3. The van der Waals surface area contributed by atoms with Crippen LogP contribution in [0.1, 0.15) is 18.0 Å². The second-order valence-corrected chi connectivity index (χ2v) is 3.69. The lowest BCUT2D eigenvalue weighted by Gasteiger charge is -2.15. The minimum Gasteiger partial charge on any atom is -0.312 e. The summed E-state index contributed by atoms with van der Waals surface area (Å²) in [6, 6.07) is 4.93. The number of halogens is 2.